The van der Waals surface area contributed by atoms with E-state index < -0.39 is 0 Å². The van der Waals surface area contributed by atoms with Crippen molar-refractivity contribution in [1.29, 1.82) is 0 Å². The molecule has 3 rings (SSSR count). The molecule has 0 spiro atoms. The smallest absolute Gasteiger partial charge is 0.161 e. The third-order valence-electron chi connectivity index (χ3n) is 4.24. The van der Waals surface area contributed by atoms with Crippen LogP contribution in [-0.2, 0) is 4.74 Å². The van der Waals surface area contributed by atoms with E-state index in [1.165, 1.54) is 5.56 Å². The van der Waals surface area contributed by atoms with Gasteiger partial charge in [-0.15, -0.1) is 0 Å². The van der Waals surface area contributed by atoms with Crippen LogP contribution in [0.5, 0.6) is 11.5 Å². The average Bonchev–Trinajstić information content (AvgIpc) is 2.71. The first-order chi connectivity index (χ1) is 10.2. The van der Waals surface area contributed by atoms with E-state index in [9.17, 15) is 0 Å². The summed E-state index contributed by atoms with van der Waals surface area (Å²) in [5.74, 6) is 1.74. The Morgan fingerprint density at radius 3 is 2.76 bits per heavy atom. The minimum atomic E-state index is 0.303. The summed E-state index contributed by atoms with van der Waals surface area (Å²) in [5.41, 5.74) is 1.25. The molecular weight excluding hydrogens is 266 g/mol. The molecule has 2 aliphatic heterocycles. The van der Waals surface area contributed by atoms with Crippen LogP contribution in [0.1, 0.15) is 44.7 Å². The van der Waals surface area contributed by atoms with E-state index in [-0.39, 0.29) is 0 Å². The molecule has 0 bridgehead atoms. The maximum absolute atomic E-state index is 5.77. The van der Waals surface area contributed by atoms with Gasteiger partial charge in [0.05, 0.1) is 19.3 Å². The number of hydrogen-bond donors (Lipinski definition) is 1. The first-order valence-electron chi connectivity index (χ1n) is 7.99. The highest BCUT2D eigenvalue weighted by Gasteiger charge is 2.21. The van der Waals surface area contributed by atoms with Crippen molar-refractivity contribution >= 4 is 0 Å². The van der Waals surface area contributed by atoms with E-state index in [2.05, 4.69) is 31.3 Å². The molecule has 2 aliphatic rings. The van der Waals surface area contributed by atoms with Crippen LogP contribution in [0.25, 0.3) is 0 Å². The normalized spacial score (nSPS) is 27.0. The topological polar surface area (TPSA) is 39.7 Å². The molecule has 1 aromatic rings. The summed E-state index contributed by atoms with van der Waals surface area (Å²) in [5, 5.41) is 3.71. The van der Waals surface area contributed by atoms with Crippen LogP contribution in [-0.4, -0.2) is 32.0 Å². The molecule has 3 atom stereocenters. The van der Waals surface area contributed by atoms with E-state index in [0.29, 0.717) is 18.2 Å². The molecule has 1 aromatic carbocycles. The van der Waals surface area contributed by atoms with Gasteiger partial charge >= 0.3 is 0 Å². The minimum Gasteiger partial charge on any atom is -0.490 e. The highest BCUT2D eigenvalue weighted by molar-refractivity contribution is 5.44. The second-order valence-electron chi connectivity index (χ2n) is 6.05. The summed E-state index contributed by atoms with van der Waals surface area (Å²) in [7, 11) is 0. The van der Waals surface area contributed by atoms with Crippen molar-refractivity contribution in [2.45, 2.75) is 51.3 Å². The monoisotopic (exact) mass is 291 g/mol. The molecule has 0 amide bonds. The van der Waals surface area contributed by atoms with Gasteiger partial charge < -0.3 is 19.5 Å². The maximum Gasteiger partial charge on any atom is 0.161 e. The highest BCUT2D eigenvalue weighted by Crippen LogP contribution is 2.32. The van der Waals surface area contributed by atoms with Crippen molar-refractivity contribution < 1.29 is 14.2 Å². The fourth-order valence-electron chi connectivity index (χ4n) is 3.05. The van der Waals surface area contributed by atoms with Gasteiger partial charge in [0.15, 0.2) is 11.5 Å². The van der Waals surface area contributed by atoms with E-state index in [4.69, 9.17) is 14.2 Å². The Bertz CT molecular complexity index is 477. The van der Waals surface area contributed by atoms with Crippen LogP contribution in [0, 0.1) is 0 Å². The van der Waals surface area contributed by atoms with Crippen molar-refractivity contribution in [3.63, 3.8) is 0 Å². The van der Waals surface area contributed by atoms with Gasteiger partial charge in [-0.25, -0.2) is 0 Å². The van der Waals surface area contributed by atoms with Gasteiger partial charge in [-0.1, -0.05) is 6.07 Å². The van der Waals surface area contributed by atoms with Crippen molar-refractivity contribution in [2.24, 2.45) is 0 Å². The fourth-order valence-corrected chi connectivity index (χ4v) is 3.05. The predicted octanol–water partition coefficient (Wildman–Crippen LogP) is 3.07. The third-order valence-corrected chi connectivity index (χ3v) is 4.24. The molecule has 0 radical (unpaired) electrons. The van der Waals surface area contributed by atoms with Crippen LogP contribution in [0.15, 0.2) is 18.2 Å². The lowest BCUT2D eigenvalue weighted by Crippen LogP contribution is -2.39. The molecule has 1 saturated heterocycles. The SMILES string of the molecule is CC1CC(NC(C)c2ccc3c(c2)OCCCO3)CCO1. The van der Waals surface area contributed by atoms with Crippen LogP contribution >= 0.6 is 0 Å². The number of fused-ring (bicyclic) bond motifs is 1. The molecule has 116 valence electrons. The van der Waals surface area contributed by atoms with Crippen molar-refractivity contribution in [3.05, 3.63) is 23.8 Å². The zero-order chi connectivity index (χ0) is 14.7. The summed E-state index contributed by atoms with van der Waals surface area (Å²) in [6.07, 6.45) is 3.46. The zero-order valence-corrected chi connectivity index (χ0v) is 12.9. The Balaban J connectivity index is 1.66. The summed E-state index contributed by atoms with van der Waals surface area (Å²) >= 11 is 0. The van der Waals surface area contributed by atoms with Crippen LogP contribution < -0.4 is 14.8 Å². The zero-order valence-electron chi connectivity index (χ0n) is 12.9. The quantitative estimate of drug-likeness (QED) is 0.929. The Kier molecular flexibility index (Phi) is 4.66. The first-order valence-corrected chi connectivity index (χ1v) is 7.99. The third kappa shape index (κ3) is 3.69. The van der Waals surface area contributed by atoms with Crippen LogP contribution in [0.2, 0.25) is 0 Å². The number of hydrogen-bond acceptors (Lipinski definition) is 4. The molecular formula is C17H25NO3. The minimum absolute atomic E-state index is 0.303. The molecule has 2 heterocycles. The second-order valence-corrected chi connectivity index (χ2v) is 6.05. The Morgan fingerprint density at radius 2 is 1.95 bits per heavy atom. The highest BCUT2D eigenvalue weighted by atomic mass is 16.5. The Labute approximate surface area is 126 Å². The largest absolute Gasteiger partial charge is 0.490 e. The van der Waals surface area contributed by atoms with E-state index >= 15 is 0 Å². The van der Waals surface area contributed by atoms with Gasteiger partial charge in [0.25, 0.3) is 0 Å². The van der Waals surface area contributed by atoms with Gasteiger partial charge in [0, 0.05) is 25.1 Å². The lowest BCUT2D eigenvalue weighted by molar-refractivity contribution is 0.0116. The van der Waals surface area contributed by atoms with Gasteiger partial charge in [0.2, 0.25) is 0 Å². The lowest BCUT2D eigenvalue weighted by Gasteiger charge is -2.30. The molecule has 3 unspecified atom stereocenters. The van der Waals surface area contributed by atoms with Crippen LogP contribution in [0.4, 0.5) is 0 Å². The number of nitrogens with one attached hydrogen (secondary N) is 1. The summed E-state index contributed by atoms with van der Waals surface area (Å²) in [6.45, 7) is 6.67. The predicted molar refractivity (Wildman–Crippen MR) is 82.0 cm³/mol. The van der Waals surface area contributed by atoms with Gasteiger partial charge in [-0.2, -0.15) is 0 Å². The van der Waals surface area contributed by atoms with E-state index in [1.807, 2.05) is 6.07 Å². The average molecular weight is 291 g/mol. The lowest BCUT2D eigenvalue weighted by atomic mass is 10.0. The van der Waals surface area contributed by atoms with E-state index in [0.717, 1.165) is 50.6 Å². The van der Waals surface area contributed by atoms with Crippen molar-refractivity contribution in [1.82, 2.24) is 5.32 Å². The van der Waals surface area contributed by atoms with Crippen LogP contribution in [0.3, 0.4) is 0 Å². The van der Waals surface area contributed by atoms with Gasteiger partial charge in [-0.3, -0.25) is 0 Å². The molecule has 1 N–H and O–H groups in total. The molecule has 21 heavy (non-hydrogen) atoms. The fraction of sp³-hybridized carbons (Fsp3) is 0.647. The summed E-state index contributed by atoms with van der Waals surface area (Å²) in [4.78, 5) is 0. The summed E-state index contributed by atoms with van der Waals surface area (Å²) < 4.78 is 17.1. The Hall–Kier alpha value is -1.26. The number of ether oxygens (including phenoxy) is 3. The van der Waals surface area contributed by atoms with Crippen molar-refractivity contribution in [3.8, 4) is 11.5 Å². The molecule has 4 heteroatoms. The molecule has 0 aliphatic carbocycles. The maximum atomic E-state index is 5.77. The summed E-state index contributed by atoms with van der Waals surface area (Å²) in [6, 6.07) is 7.10. The molecule has 0 saturated carbocycles. The number of benzene rings is 1. The number of rotatable bonds is 3. The Morgan fingerprint density at radius 1 is 1.14 bits per heavy atom. The standard InChI is InChI=1S/C17H25NO3/c1-12-10-15(6-9-19-12)18-13(2)14-4-5-16-17(11-14)21-8-3-7-20-16/h4-5,11-13,15,18H,3,6-10H2,1-2H3. The van der Waals surface area contributed by atoms with Gasteiger partial charge in [-0.05, 0) is 44.4 Å². The molecule has 0 aromatic heterocycles. The van der Waals surface area contributed by atoms with Gasteiger partial charge in [0.1, 0.15) is 0 Å². The first kappa shape index (κ1) is 14.7. The molecule has 4 nitrogen and oxygen atoms in total. The molecule has 1 fully saturated rings. The van der Waals surface area contributed by atoms with Crippen molar-refractivity contribution in [2.75, 3.05) is 19.8 Å². The van der Waals surface area contributed by atoms with E-state index in [1.54, 1.807) is 0 Å². The second kappa shape index (κ2) is 6.67.